The van der Waals surface area contributed by atoms with Gasteiger partial charge in [0.2, 0.25) is 5.91 Å². The number of hydrogen-bond acceptors (Lipinski definition) is 7. The topological polar surface area (TPSA) is 80.2 Å². The van der Waals surface area contributed by atoms with Crippen LogP contribution in [-0.4, -0.2) is 42.7 Å². The molecule has 1 atom stereocenters. The van der Waals surface area contributed by atoms with Crippen LogP contribution in [0.3, 0.4) is 0 Å². The number of thioether (sulfide) groups is 1. The summed E-state index contributed by atoms with van der Waals surface area (Å²) >= 11 is 1.46. The van der Waals surface area contributed by atoms with E-state index < -0.39 is 12.0 Å². The highest BCUT2D eigenvalue weighted by molar-refractivity contribution is 8.16. The number of rotatable bonds is 9. The number of nitrogens with zero attached hydrogens (tertiary/aromatic N) is 2. The third-order valence-corrected chi connectivity index (χ3v) is 6.88. The first kappa shape index (κ1) is 24.6. The molecule has 7 nitrogen and oxygen atoms in total. The molecular weight excluding hydrogens is 462 g/mol. The van der Waals surface area contributed by atoms with E-state index in [0.29, 0.717) is 17.8 Å². The molecule has 0 aromatic heterocycles. The summed E-state index contributed by atoms with van der Waals surface area (Å²) < 4.78 is 10.4. The van der Waals surface area contributed by atoms with Crippen molar-refractivity contribution in [1.82, 2.24) is 10.2 Å². The maximum absolute atomic E-state index is 12.8. The largest absolute Gasteiger partial charge is 0.497 e. The number of methoxy groups -OCH3 is 2. The number of nitrogens with one attached hydrogen (secondary N) is 1. The highest BCUT2D eigenvalue weighted by Gasteiger charge is 2.40. The quantitative estimate of drug-likeness (QED) is 0.409. The number of amidine groups is 1. The standard InChI is InChI=1S/C27H29N3O4S/c1-18-24(26(32)34-3)25(20-11-13-22(33-2)14-12-20)30-21(17-35-27(30)29-18)16-23(31)28-15-7-10-19-8-5-4-6-9-19/h4-6,8-9,11-14,17,25H,7,10,15-16H2,1-3H3,(H,28,31). The molecule has 2 aromatic carbocycles. The van der Waals surface area contributed by atoms with Crippen molar-refractivity contribution in [2.75, 3.05) is 20.8 Å². The van der Waals surface area contributed by atoms with E-state index in [1.807, 2.05) is 59.7 Å². The van der Waals surface area contributed by atoms with Crippen LogP contribution in [0.15, 0.2) is 82.0 Å². The SMILES string of the molecule is COC(=O)C1=C(C)N=C2SC=C(CC(=O)NCCCc3ccccc3)N2C1c1ccc(OC)cc1. The van der Waals surface area contributed by atoms with Gasteiger partial charge in [-0.05, 0) is 48.4 Å². The Kier molecular flexibility index (Phi) is 7.92. The summed E-state index contributed by atoms with van der Waals surface area (Å²) in [7, 11) is 2.98. The number of carbonyl (C=O) groups is 2. The fourth-order valence-corrected chi connectivity index (χ4v) is 5.20. The monoisotopic (exact) mass is 491 g/mol. The van der Waals surface area contributed by atoms with E-state index in [9.17, 15) is 9.59 Å². The molecule has 2 aromatic rings. The Morgan fingerprint density at radius 3 is 2.51 bits per heavy atom. The lowest BCUT2D eigenvalue weighted by molar-refractivity contribution is -0.136. The number of ether oxygens (including phenoxy) is 2. The molecular formula is C27H29N3O4S. The summed E-state index contributed by atoms with van der Waals surface area (Å²) in [6, 6.07) is 17.3. The molecule has 4 rings (SSSR count). The number of hydrogen-bond donors (Lipinski definition) is 1. The normalized spacial score (nSPS) is 16.9. The van der Waals surface area contributed by atoms with Crippen LogP contribution in [0.2, 0.25) is 0 Å². The van der Waals surface area contributed by atoms with Gasteiger partial charge >= 0.3 is 5.97 Å². The zero-order valence-corrected chi connectivity index (χ0v) is 20.9. The van der Waals surface area contributed by atoms with E-state index in [1.54, 1.807) is 7.11 Å². The van der Waals surface area contributed by atoms with Gasteiger partial charge in [-0.1, -0.05) is 54.2 Å². The van der Waals surface area contributed by atoms with Gasteiger partial charge in [0.15, 0.2) is 5.17 Å². The summed E-state index contributed by atoms with van der Waals surface area (Å²) in [6.45, 7) is 2.41. The second-order valence-electron chi connectivity index (χ2n) is 8.27. The van der Waals surface area contributed by atoms with E-state index in [0.717, 1.165) is 35.0 Å². The predicted octanol–water partition coefficient (Wildman–Crippen LogP) is 4.58. The number of fused-ring (bicyclic) bond motifs is 1. The van der Waals surface area contributed by atoms with Crippen molar-refractivity contribution >= 4 is 28.8 Å². The van der Waals surface area contributed by atoms with Crippen LogP contribution in [0.1, 0.15) is 36.9 Å². The molecule has 2 heterocycles. The average molecular weight is 492 g/mol. The molecule has 2 aliphatic rings. The van der Waals surface area contributed by atoms with Crippen molar-refractivity contribution in [2.45, 2.75) is 32.2 Å². The zero-order chi connectivity index (χ0) is 24.8. The number of aryl methyl sites for hydroxylation is 1. The van der Waals surface area contributed by atoms with Crippen molar-refractivity contribution in [3.63, 3.8) is 0 Å². The number of allylic oxidation sites excluding steroid dienone is 1. The Labute approximate surface area is 209 Å². The molecule has 35 heavy (non-hydrogen) atoms. The van der Waals surface area contributed by atoms with Gasteiger partial charge in [0, 0.05) is 12.2 Å². The minimum Gasteiger partial charge on any atom is -0.497 e. The summed E-state index contributed by atoms with van der Waals surface area (Å²) in [5.41, 5.74) is 4.00. The molecule has 0 saturated heterocycles. The molecule has 182 valence electrons. The first-order valence-electron chi connectivity index (χ1n) is 11.5. The van der Waals surface area contributed by atoms with Crippen molar-refractivity contribution in [1.29, 1.82) is 0 Å². The van der Waals surface area contributed by atoms with Crippen LogP contribution >= 0.6 is 11.8 Å². The van der Waals surface area contributed by atoms with E-state index in [4.69, 9.17) is 9.47 Å². The van der Waals surface area contributed by atoms with E-state index in [1.165, 1.54) is 24.4 Å². The molecule has 1 N–H and O–H groups in total. The lowest BCUT2D eigenvalue weighted by Crippen LogP contribution is -2.38. The fraction of sp³-hybridized carbons (Fsp3) is 0.296. The highest BCUT2D eigenvalue weighted by atomic mass is 32.2. The average Bonchev–Trinajstić information content (AvgIpc) is 3.27. The molecule has 2 aliphatic heterocycles. The maximum Gasteiger partial charge on any atom is 0.338 e. The number of esters is 1. The molecule has 0 bridgehead atoms. The number of amides is 1. The van der Waals surface area contributed by atoms with Gasteiger partial charge in [-0.3, -0.25) is 4.79 Å². The summed E-state index contributed by atoms with van der Waals surface area (Å²) in [5, 5.41) is 5.70. The van der Waals surface area contributed by atoms with Crippen molar-refractivity contribution in [3.8, 4) is 5.75 Å². The van der Waals surface area contributed by atoms with Crippen LogP contribution in [0.5, 0.6) is 5.75 Å². The van der Waals surface area contributed by atoms with E-state index in [-0.39, 0.29) is 12.3 Å². The number of aliphatic imine (C=N–C) groups is 1. The molecule has 0 fully saturated rings. The summed E-state index contributed by atoms with van der Waals surface area (Å²) in [4.78, 5) is 32.2. The zero-order valence-electron chi connectivity index (χ0n) is 20.1. The highest BCUT2D eigenvalue weighted by Crippen LogP contribution is 2.45. The maximum atomic E-state index is 12.8. The molecule has 0 aliphatic carbocycles. The van der Waals surface area contributed by atoms with Crippen LogP contribution in [0.4, 0.5) is 0 Å². The Morgan fingerprint density at radius 1 is 1.09 bits per heavy atom. The van der Waals surface area contributed by atoms with Crippen LogP contribution < -0.4 is 10.1 Å². The van der Waals surface area contributed by atoms with Crippen LogP contribution in [0, 0.1) is 0 Å². The van der Waals surface area contributed by atoms with Crippen molar-refractivity contribution < 1.29 is 19.1 Å². The minimum absolute atomic E-state index is 0.0643. The van der Waals surface area contributed by atoms with E-state index in [2.05, 4.69) is 22.4 Å². The molecule has 8 heteroatoms. The van der Waals surface area contributed by atoms with Gasteiger partial charge in [-0.2, -0.15) is 0 Å². The van der Waals surface area contributed by atoms with Gasteiger partial charge in [0.1, 0.15) is 5.75 Å². The first-order chi connectivity index (χ1) is 17.0. The summed E-state index contributed by atoms with van der Waals surface area (Å²) in [5.74, 6) is 0.221. The third-order valence-electron chi connectivity index (χ3n) is 5.99. The van der Waals surface area contributed by atoms with Gasteiger partial charge in [0.25, 0.3) is 0 Å². The van der Waals surface area contributed by atoms with Gasteiger partial charge < -0.3 is 19.7 Å². The Balaban J connectivity index is 1.49. The predicted molar refractivity (Wildman–Crippen MR) is 138 cm³/mol. The number of benzene rings is 2. The second-order valence-corrected chi connectivity index (χ2v) is 9.11. The minimum atomic E-state index is -0.451. The smallest absolute Gasteiger partial charge is 0.338 e. The number of carbonyl (C=O) groups excluding carboxylic acids is 2. The molecule has 0 radical (unpaired) electrons. The van der Waals surface area contributed by atoms with Crippen LogP contribution in [-0.2, 0) is 20.7 Å². The van der Waals surface area contributed by atoms with Gasteiger partial charge in [0.05, 0.1) is 38.0 Å². The molecule has 1 amide bonds. The lowest BCUT2D eigenvalue weighted by Gasteiger charge is -2.36. The van der Waals surface area contributed by atoms with E-state index >= 15 is 0 Å². The Hall–Kier alpha value is -3.52. The lowest BCUT2D eigenvalue weighted by atomic mass is 9.94. The molecule has 1 unspecified atom stereocenters. The summed E-state index contributed by atoms with van der Waals surface area (Å²) in [6.07, 6.45) is 1.97. The first-order valence-corrected chi connectivity index (χ1v) is 12.4. The second kappa shape index (κ2) is 11.3. The Bertz CT molecular complexity index is 1170. The van der Waals surface area contributed by atoms with Gasteiger partial charge in [-0.25, -0.2) is 9.79 Å². The Morgan fingerprint density at radius 2 is 1.83 bits per heavy atom. The van der Waals surface area contributed by atoms with Crippen LogP contribution in [0.25, 0.3) is 0 Å². The van der Waals surface area contributed by atoms with Crippen molar-refractivity contribution in [3.05, 3.63) is 88.1 Å². The van der Waals surface area contributed by atoms with Crippen molar-refractivity contribution in [2.24, 2.45) is 4.99 Å². The third kappa shape index (κ3) is 5.59. The fourth-order valence-electron chi connectivity index (χ4n) is 4.23. The molecule has 0 spiro atoms. The van der Waals surface area contributed by atoms with Gasteiger partial charge in [-0.15, -0.1) is 0 Å². The molecule has 0 saturated carbocycles.